The lowest BCUT2D eigenvalue weighted by molar-refractivity contribution is -0.274. The molecule has 0 saturated heterocycles. The number of furan rings is 1. The molecule has 2 aromatic rings. The van der Waals surface area contributed by atoms with Gasteiger partial charge in [-0.1, -0.05) is 0 Å². The first-order valence-electron chi connectivity index (χ1n) is 7.06. The lowest BCUT2D eigenvalue weighted by Gasteiger charge is -2.28. The Labute approximate surface area is 135 Å². The van der Waals surface area contributed by atoms with Crippen LogP contribution in [0, 0.1) is 13.8 Å². The summed E-state index contributed by atoms with van der Waals surface area (Å²) in [7, 11) is 0. The standard InChI is InChI=1S/C15H16F3N3O3/c1-9-7-21-11(8-20-9)13(22)19-6-5-14(23,15(16,17)18)12-4-3-10(2)24-12/h3-4,7-8,23H,5-6H2,1-2H3,(H,19,22)/t14-/m0/s1. The number of aryl methyl sites for hydroxylation is 2. The normalized spacial score (nSPS) is 14.2. The Morgan fingerprint density at radius 3 is 2.46 bits per heavy atom. The van der Waals surface area contributed by atoms with Crippen LogP contribution < -0.4 is 5.32 Å². The van der Waals surface area contributed by atoms with Gasteiger partial charge >= 0.3 is 6.18 Å². The Morgan fingerprint density at radius 1 is 1.25 bits per heavy atom. The Morgan fingerprint density at radius 2 is 1.96 bits per heavy atom. The first-order valence-corrected chi connectivity index (χ1v) is 7.06. The summed E-state index contributed by atoms with van der Waals surface area (Å²) >= 11 is 0. The molecule has 0 spiro atoms. The molecule has 2 aromatic heterocycles. The smallest absolute Gasteiger partial charge is 0.424 e. The zero-order chi connectivity index (χ0) is 18.0. The highest BCUT2D eigenvalue weighted by Crippen LogP contribution is 2.41. The van der Waals surface area contributed by atoms with Crippen molar-refractivity contribution in [1.82, 2.24) is 15.3 Å². The molecule has 0 bridgehead atoms. The van der Waals surface area contributed by atoms with Gasteiger partial charge in [0.25, 0.3) is 5.91 Å². The van der Waals surface area contributed by atoms with Crippen LogP contribution in [0.4, 0.5) is 13.2 Å². The maximum atomic E-state index is 13.2. The first kappa shape index (κ1) is 17.9. The zero-order valence-corrected chi connectivity index (χ0v) is 13.0. The number of halogens is 3. The monoisotopic (exact) mass is 343 g/mol. The number of nitrogens with one attached hydrogen (secondary N) is 1. The average Bonchev–Trinajstić information content (AvgIpc) is 2.93. The fourth-order valence-electron chi connectivity index (χ4n) is 2.02. The van der Waals surface area contributed by atoms with Crippen LogP contribution in [-0.2, 0) is 5.60 Å². The second-order valence-corrected chi connectivity index (χ2v) is 5.32. The van der Waals surface area contributed by atoms with Gasteiger partial charge < -0.3 is 14.8 Å². The third kappa shape index (κ3) is 3.73. The van der Waals surface area contributed by atoms with E-state index < -0.39 is 36.4 Å². The highest BCUT2D eigenvalue weighted by Gasteiger charge is 2.56. The second-order valence-electron chi connectivity index (χ2n) is 5.32. The van der Waals surface area contributed by atoms with Crippen LogP contribution in [0.25, 0.3) is 0 Å². The Kier molecular flexibility index (Phi) is 4.93. The van der Waals surface area contributed by atoms with Crippen molar-refractivity contribution in [3.8, 4) is 0 Å². The van der Waals surface area contributed by atoms with E-state index in [1.807, 2.05) is 0 Å². The molecule has 0 fully saturated rings. The predicted octanol–water partition coefficient (Wildman–Crippen LogP) is 2.26. The third-order valence-electron chi connectivity index (χ3n) is 3.40. The molecule has 2 heterocycles. The van der Waals surface area contributed by atoms with Crippen LogP contribution >= 0.6 is 0 Å². The van der Waals surface area contributed by atoms with E-state index in [0.29, 0.717) is 5.69 Å². The number of carbonyl (C=O) groups is 1. The average molecular weight is 343 g/mol. The molecule has 0 aliphatic rings. The minimum atomic E-state index is -4.95. The van der Waals surface area contributed by atoms with E-state index in [4.69, 9.17) is 4.42 Å². The summed E-state index contributed by atoms with van der Waals surface area (Å²) in [6.45, 7) is 2.73. The van der Waals surface area contributed by atoms with Crippen molar-refractivity contribution >= 4 is 5.91 Å². The third-order valence-corrected chi connectivity index (χ3v) is 3.40. The van der Waals surface area contributed by atoms with Crippen molar-refractivity contribution in [3.63, 3.8) is 0 Å². The van der Waals surface area contributed by atoms with E-state index in [0.717, 1.165) is 6.07 Å². The largest absolute Gasteiger partial charge is 0.463 e. The van der Waals surface area contributed by atoms with Crippen LogP contribution in [0.15, 0.2) is 28.9 Å². The summed E-state index contributed by atoms with van der Waals surface area (Å²) in [5.41, 5.74) is -2.61. The van der Waals surface area contributed by atoms with Gasteiger partial charge in [0, 0.05) is 19.2 Å². The van der Waals surface area contributed by atoms with E-state index in [-0.39, 0.29) is 11.5 Å². The van der Waals surface area contributed by atoms with Gasteiger partial charge in [0.05, 0.1) is 11.9 Å². The number of carbonyl (C=O) groups excluding carboxylic acids is 1. The predicted molar refractivity (Wildman–Crippen MR) is 77.1 cm³/mol. The number of hydrogen-bond donors (Lipinski definition) is 2. The Balaban J connectivity index is 2.06. The van der Waals surface area contributed by atoms with Gasteiger partial charge in [-0.05, 0) is 26.0 Å². The Bertz CT molecular complexity index is 713. The number of aliphatic hydroxyl groups is 1. The highest BCUT2D eigenvalue weighted by molar-refractivity contribution is 5.91. The minimum absolute atomic E-state index is 0.0232. The summed E-state index contributed by atoms with van der Waals surface area (Å²) in [5, 5.41) is 12.3. The van der Waals surface area contributed by atoms with Crippen molar-refractivity contribution in [2.24, 2.45) is 0 Å². The van der Waals surface area contributed by atoms with Crippen LogP contribution in [0.1, 0.15) is 34.1 Å². The van der Waals surface area contributed by atoms with Crippen molar-refractivity contribution in [1.29, 1.82) is 0 Å². The fraction of sp³-hybridized carbons (Fsp3) is 0.400. The van der Waals surface area contributed by atoms with Crippen molar-refractivity contribution in [2.45, 2.75) is 32.0 Å². The number of alkyl halides is 3. The molecule has 130 valence electrons. The molecule has 0 radical (unpaired) electrons. The summed E-state index contributed by atoms with van der Waals surface area (Å²) in [4.78, 5) is 19.5. The molecule has 0 unspecified atom stereocenters. The van der Waals surface area contributed by atoms with Crippen LogP contribution in [0.3, 0.4) is 0 Å². The van der Waals surface area contributed by atoms with E-state index in [2.05, 4.69) is 15.3 Å². The maximum Gasteiger partial charge on any atom is 0.424 e. The Hall–Kier alpha value is -2.42. The zero-order valence-electron chi connectivity index (χ0n) is 13.0. The van der Waals surface area contributed by atoms with Gasteiger partial charge in [0.15, 0.2) is 0 Å². The highest BCUT2D eigenvalue weighted by atomic mass is 19.4. The first-order chi connectivity index (χ1) is 11.1. The van der Waals surface area contributed by atoms with Gasteiger partial charge in [-0.3, -0.25) is 9.78 Å². The molecule has 0 aromatic carbocycles. The molecule has 24 heavy (non-hydrogen) atoms. The van der Waals surface area contributed by atoms with Gasteiger partial charge in [-0.25, -0.2) is 4.98 Å². The number of amides is 1. The molecular formula is C15H16F3N3O3. The lowest BCUT2D eigenvalue weighted by Crippen LogP contribution is -2.44. The number of nitrogens with zero attached hydrogens (tertiary/aromatic N) is 2. The van der Waals surface area contributed by atoms with Gasteiger partial charge in [-0.15, -0.1) is 0 Å². The fourth-order valence-corrected chi connectivity index (χ4v) is 2.02. The summed E-state index contributed by atoms with van der Waals surface area (Å²) < 4.78 is 44.7. The van der Waals surface area contributed by atoms with E-state index in [1.54, 1.807) is 6.92 Å². The lowest BCUT2D eigenvalue weighted by atomic mass is 9.95. The minimum Gasteiger partial charge on any atom is -0.463 e. The number of aromatic nitrogens is 2. The molecule has 0 aliphatic carbocycles. The van der Waals surface area contributed by atoms with Crippen LogP contribution in [0.2, 0.25) is 0 Å². The molecule has 6 nitrogen and oxygen atoms in total. The maximum absolute atomic E-state index is 13.2. The SMILES string of the molecule is Cc1cnc(C(=O)NCC[C@](O)(c2ccc(C)o2)C(F)(F)F)cn1. The van der Waals surface area contributed by atoms with E-state index in [9.17, 15) is 23.1 Å². The van der Waals surface area contributed by atoms with Gasteiger partial charge in [0.1, 0.15) is 17.2 Å². The molecular weight excluding hydrogens is 327 g/mol. The molecule has 0 aliphatic heterocycles. The molecule has 0 saturated carbocycles. The second kappa shape index (κ2) is 6.60. The van der Waals surface area contributed by atoms with Crippen molar-refractivity contribution in [3.05, 3.63) is 47.4 Å². The van der Waals surface area contributed by atoms with Gasteiger partial charge in [0.2, 0.25) is 5.60 Å². The van der Waals surface area contributed by atoms with Crippen LogP contribution in [-0.4, -0.2) is 33.7 Å². The van der Waals surface area contributed by atoms with Gasteiger partial charge in [-0.2, -0.15) is 13.2 Å². The summed E-state index contributed by atoms with van der Waals surface area (Å²) in [5.74, 6) is -1.05. The van der Waals surface area contributed by atoms with E-state index in [1.165, 1.54) is 25.4 Å². The summed E-state index contributed by atoms with van der Waals surface area (Å²) in [6, 6.07) is 2.39. The quantitative estimate of drug-likeness (QED) is 0.869. The number of hydrogen-bond acceptors (Lipinski definition) is 5. The number of rotatable bonds is 5. The topological polar surface area (TPSA) is 88.2 Å². The van der Waals surface area contributed by atoms with Crippen molar-refractivity contribution < 1.29 is 27.5 Å². The molecule has 2 N–H and O–H groups in total. The molecule has 2 rings (SSSR count). The van der Waals surface area contributed by atoms with E-state index >= 15 is 0 Å². The van der Waals surface area contributed by atoms with Crippen molar-refractivity contribution in [2.75, 3.05) is 6.54 Å². The summed E-state index contributed by atoms with van der Waals surface area (Å²) in [6.07, 6.45) is -3.16. The molecule has 1 atom stereocenters. The van der Waals surface area contributed by atoms with Crippen LogP contribution in [0.5, 0.6) is 0 Å². The molecule has 9 heteroatoms. The molecule has 1 amide bonds.